The molecule has 1 aromatic heterocycles. The smallest absolute Gasteiger partial charge is 0.237 e. The molecule has 0 unspecified atom stereocenters. The number of carbonyl (C=O) groups excluding carboxylic acids is 1. The summed E-state index contributed by atoms with van der Waals surface area (Å²) in [6.07, 6.45) is 1.00. The van der Waals surface area contributed by atoms with Crippen molar-refractivity contribution in [3.63, 3.8) is 0 Å². The first-order valence-electron chi connectivity index (χ1n) is 8.74. The fraction of sp³-hybridized carbons (Fsp3) is 0.300. The molecule has 0 saturated heterocycles. The molecule has 0 bridgehead atoms. The van der Waals surface area contributed by atoms with Crippen molar-refractivity contribution in [2.75, 3.05) is 17.2 Å². The number of nitrogens with zero attached hydrogens (tertiary/aromatic N) is 3. The largest absolute Gasteiger partial charge is 0.322 e. The minimum absolute atomic E-state index is 0.143. The number of amides is 1. The fourth-order valence-electron chi connectivity index (χ4n) is 3.20. The van der Waals surface area contributed by atoms with Gasteiger partial charge in [-0.25, -0.2) is 4.98 Å². The lowest BCUT2D eigenvalue weighted by atomic mass is 10.2. The Kier molecular flexibility index (Phi) is 4.96. The molecule has 1 aliphatic rings. The van der Waals surface area contributed by atoms with Gasteiger partial charge in [-0.2, -0.15) is 0 Å². The molecule has 2 heterocycles. The Balaban J connectivity index is 1.53. The summed E-state index contributed by atoms with van der Waals surface area (Å²) in [4.78, 5) is 20.8. The number of benzene rings is 2. The monoisotopic (exact) mass is 383 g/mol. The number of anilines is 1. The van der Waals surface area contributed by atoms with E-state index in [4.69, 9.17) is 0 Å². The molecule has 0 N–H and O–H groups in total. The molecule has 4 nitrogen and oxygen atoms in total. The molecule has 1 amide bonds. The first-order valence-corrected chi connectivity index (χ1v) is 10.6. The van der Waals surface area contributed by atoms with Crippen LogP contribution in [-0.4, -0.2) is 33.0 Å². The average Bonchev–Trinajstić information content (AvgIpc) is 2.86. The molecule has 2 aromatic carbocycles. The van der Waals surface area contributed by atoms with Crippen molar-refractivity contribution < 1.29 is 4.79 Å². The molecule has 4 rings (SSSR count). The zero-order valence-corrected chi connectivity index (χ0v) is 16.5. The van der Waals surface area contributed by atoms with Crippen molar-refractivity contribution in [3.8, 4) is 0 Å². The Bertz CT molecular complexity index is 953. The van der Waals surface area contributed by atoms with E-state index in [0.717, 1.165) is 34.8 Å². The third-order valence-corrected chi connectivity index (χ3v) is 6.87. The fourth-order valence-corrected chi connectivity index (χ4v) is 5.18. The summed E-state index contributed by atoms with van der Waals surface area (Å²) in [5.41, 5.74) is 3.10. The van der Waals surface area contributed by atoms with Gasteiger partial charge in [0.05, 0.1) is 22.5 Å². The lowest BCUT2D eigenvalue weighted by Crippen LogP contribution is -2.33. The molecule has 0 radical (unpaired) electrons. The lowest BCUT2D eigenvalue weighted by Gasteiger charge is -2.22. The Morgan fingerprint density at radius 2 is 2.00 bits per heavy atom. The van der Waals surface area contributed by atoms with Crippen molar-refractivity contribution in [2.24, 2.45) is 7.05 Å². The molecule has 6 heteroatoms. The first-order chi connectivity index (χ1) is 12.6. The molecular weight excluding hydrogens is 362 g/mol. The minimum atomic E-state index is 0.143. The second-order valence-corrected chi connectivity index (χ2v) is 8.88. The van der Waals surface area contributed by atoms with Crippen LogP contribution in [0, 0.1) is 0 Å². The number of hydrogen-bond acceptors (Lipinski definition) is 4. The highest BCUT2D eigenvalue weighted by molar-refractivity contribution is 8.00. The van der Waals surface area contributed by atoms with Crippen LogP contribution >= 0.6 is 23.5 Å². The second-order valence-electron chi connectivity index (χ2n) is 6.46. The summed E-state index contributed by atoms with van der Waals surface area (Å²) >= 11 is 3.37. The summed E-state index contributed by atoms with van der Waals surface area (Å²) < 4.78 is 2.06. The molecule has 0 saturated carbocycles. The topological polar surface area (TPSA) is 38.1 Å². The van der Waals surface area contributed by atoms with Gasteiger partial charge in [-0.3, -0.25) is 4.79 Å². The van der Waals surface area contributed by atoms with Crippen molar-refractivity contribution in [1.29, 1.82) is 0 Å². The van der Waals surface area contributed by atoms with Crippen molar-refractivity contribution in [3.05, 3.63) is 48.5 Å². The molecule has 0 spiro atoms. The quantitative estimate of drug-likeness (QED) is 0.621. The van der Waals surface area contributed by atoms with Gasteiger partial charge >= 0.3 is 0 Å². The van der Waals surface area contributed by atoms with E-state index in [9.17, 15) is 4.79 Å². The average molecular weight is 384 g/mol. The van der Waals surface area contributed by atoms with Crippen LogP contribution in [-0.2, 0) is 11.8 Å². The predicted octanol–water partition coefficient (Wildman–Crippen LogP) is 4.58. The molecule has 134 valence electrons. The van der Waals surface area contributed by atoms with Crippen LogP contribution in [0.5, 0.6) is 0 Å². The van der Waals surface area contributed by atoms with Gasteiger partial charge in [-0.05, 0) is 30.7 Å². The normalized spacial score (nSPS) is 17.2. The van der Waals surface area contributed by atoms with E-state index in [1.54, 1.807) is 0 Å². The van der Waals surface area contributed by atoms with Gasteiger partial charge in [-0.1, -0.05) is 43.0 Å². The number of para-hydroxylation sites is 3. The zero-order chi connectivity index (χ0) is 18.1. The van der Waals surface area contributed by atoms with Crippen molar-refractivity contribution in [1.82, 2.24) is 9.55 Å². The number of aryl methyl sites for hydroxylation is 1. The van der Waals surface area contributed by atoms with Crippen LogP contribution in [0.25, 0.3) is 11.0 Å². The third kappa shape index (κ3) is 3.35. The number of carbonyl (C=O) groups is 1. The van der Waals surface area contributed by atoms with Crippen molar-refractivity contribution in [2.45, 2.75) is 28.6 Å². The Hall–Kier alpha value is -1.92. The van der Waals surface area contributed by atoms with E-state index in [1.807, 2.05) is 54.0 Å². The highest BCUT2D eigenvalue weighted by Gasteiger charge is 2.24. The number of hydrogen-bond donors (Lipinski definition) is 0. The maximum atomic E-state index is 13.0. The summed E-state index contributed by atoms with van der Waals surface area (Å²) in [6.45, 7) is 3.00. The van der Waals surface area contributed by atoms with Crippen LogP contribution in [0.2, 0.25) is 0 Å². The number of thioether (sulfide) groups is 2. The lowest BCUT2D eigenvalue weighted by molar-refractivity contribution is -0.116. The highest BCUT2D eigenvalue weighted by atomic mass is 32.2. The predicted molar refractivity (Wildman–Crippen MR) is 110 cm³/mol. The van der Waals surface area contributed by atoms with Gasteiger partial charge in [0, 0.05) is 23.7 Å². The second kappa shape index (κ2) is 7.37. The van der Waals surface area contributed by atoms with Crippen LogP contribution in [0.3, 0.4) is 0 Å². The molecule has 1 atom stereocenters. The van der Waals surface area contributed by atoms with Gasteiger partial charge in [0.25, 0.3) is 0 Å². The number of fused-ring (bicyclic) bond motifs is 2. The van der Waals surface area contributed by atoms with Gasteiger partial charge < -0.3 is 9.47 Å². The maximum absolute atomic E-state index is 13.0. The van der Waals surface area contributed by atoms with E-state index >= 15 is 0 Å². The van der Waals surface area contributed by atoms with Crippen LogP contribution in [0.15, 0.2) is 58.6 Å². The molecule has 1 aliphatic heterocycles. The molecule has 26 heavy (non-hydrogen) atoms. The van der Waals surface area contributed by atoms with E-state index in [2.05, 4.69) is 34.7 Å². The minimum Gasteiger partial charge on any atom is -0.322 e. The van der Waals surface area contributed by atoms with Crippen molar-refractivity contribution >= 4 is 46.2 Å². The van der Waals surface area contributed by atoms with Gasteiger partial charge in [0.15, 0.2) is 5.16 Å². The molecule has 3 aromatic rings. The van der Waals surface area contributed by atoms with Gasteiger partial charge in [-0.15, -0.1) is 11.8 Å². The summed E-state index contributed by atoms with van der Waals surface area (Å²) in [7, 11) is 2.00. The molecule has 0 aliphatic carbocycles. The SMILES string of the molecule is C[C@H]1CCN(C(=O)CSc2nc3ccccc3n2C)c2ccccc2S1. The van der Waals surface area contributed by atoms with Crippen LogP contribution < -0.4 is 4.90 Å². The van der Waals surface area contributed by atoms with Gasteiger partial charge in [0.1, 0.15) is 0 Å². The van der Waals surface area contributed by atoms with E-state index in [-0.39, 0.29) is 5.91 Å². The Morgan fingerprint density at radius 3 is 2.85 bits per heavy atom. The third-order valence-electron chi connectivity index (χ3n) is 4.62. The number of aromatic nitrogens is 2. The standard InChI is InChI=1S/C20H21N3OS2/c1-14-11-12-23(17-9-5-6-10-18(17)26-14)19(24)13-25-20-21-15-7-3-4-8-16(15)22(20)2/h3-10,14H,11-13H2,1-2H3/t14-/m0/s1. The zero-order valence-electron chi connectivity index (χ0n) is 14.9. The van der Waals surface area contributed by atoms with E-state index in [0.29, 0.717) is 11.0 Å². The molecular formula is C20H21N3OS2. The Labute approximate surface area is 162 Å². The van der Waals surface area contributed by atoms with Crippen LogP contribution in [0.4, 0.5) is 5.69 Å². The Morgan fingerprint density at radius 1 is 1.23 bits per heavy atom. The maximum Gasteiger partial charge on any atom is 0.237 e. The van der Waals surface area contributed by atoms with E-state index < -0.39 is 0 Å². The number of imidazole rings is 1. The van der Waals surface area contributed by atoms with E-state index in [1.165, 1.54) is 16.7 Å². The highest BCUT2D eigenvalue weighted by Crippen LogP contribution is 2.37. The molecule has 0 fully saturated rings. The summed E-state index contributed by atoms with van der Waals surface area (Å²) in [5.74, 6) is 0.536. The summed E-state index contributed by atoms with van der Waals surface area (Å²) in [5, 5.41) is 1.40. The van der Waals surface area contributed by atoms with Gasteiger partial charge in [0.2, 0.25) is 5.91 Å². The number of rotatable bonds is 3. The van der Waals surface area contributed by atoms with Crippen LogP contribution in [0.1, 0.15) is 13.3 Å². The summed E-state index contributed by atoms with van der Waals surface area (Å²) in [6, 6.07) is 16.3. The first kappa shape index (κ1) is 17.5.